The number of imidazole rings is 1. The third-order valence-corrected chi connectivity index (χ3v) is 3.47. The van der Waals surface area contributed by atoms with E-state index in [0.717, 1.165) is 10.5 Å². The number of nitrogen functional groups attached to an aromatic ring is 1. The molecule has 0 radical (unpaired) electrons. The lowest BCUT2D eigenvalue weighted by molar-refractivity contribution is 1.07. The van der Waals surface area contributed by atoms with Crippen LogP contribution in [0.2, 0.25) is 5.02 Å². The summed E-state index contributed by atoms with van der Waals surface area (Å²) in [5.41, 5.74) is 7.74. The lowest BCUT2D eigenvalue weighted by Crippen LogP contribution is -1.93. The Balaban J connectivity index is 2.03. The molecule has 90 valence electrons. The van der Waals surface area contributed by atoms with Gasteiger partial charge in [0.25, 0.3) is 0 Å². The summed E-state index contributed by atoms with van der Waals surface area (Å²) in [5.74, 6) is 0. The Hall–Kier alpha value is -1.86. The number of H-pyrrole nitrogens is 1. The summed E-state index contributed by atoms with van der Waals surface area (Å²) in [6, 6.07) is 1.65. The molecule has 3 heterocycles. The van der Waals surface area contributed by atoms with Gasteiger partial charge in [0, 0.05) is 6.20 Å². The van der Waals surface area contributed by atoms with Gasteiger partial charge in [0.05, 0.1) is 17.0 Å². The normalized spacial score (nSPS) is 10.9. The number of aromatic nitrogens is 5. The average Bonchev–Trinajstić information content (AvgIpc) is 2.82. The second-order valence-electron chi connectivity index (χ2n) is 3.43. The van der Waals surface area contributed by atoms with Crippen molar-refractivity contribution in [3.8, 4) is 0 Å². The minimum Gasteiger partial charge on any atom is -0.396 e. The van der Waals surface area contributed by atoms with E-state index in [4.69, 9.17) is 17.3 Å². The number of nitrogens with one attached hydrogen (secondary N) is 1. The van der Waals surface area contributed by atoms with Crippen LogP contribution in [-0.4, -0.2) is 24.9 Å². The predicted molar refractivity (Wildman–Crippen MR) is 69.5 cm³/mol. The molecular weight excluding hydrogens is 272 g/mol. The van der Waals surface area contributed by atoms with Gasteiger partial charge < -0.3 is 10.7 Å². The Labute approximate surface area is 111 Å². The Morgan fingerprint density at radius 1 is 1.17 bits per heavy atom. The lowest BCUT2D eigenvalue weighted by Gasteiger charge is -2.04. The first-order chi connectivity index (χ1) is 8.74. The molecule has 0 aliphatic carbocycles. The maximum Gasteiger partial charge on any atom is 0.181 e. The van der Waals surface area contributed by atoms with Crippen molar-refractivity contribution in [3.05, 3.63) is 29.9 Å². The maximum absolute atomic E-state index is 5.85. The number of nitrogens with zero attached hydrogens (tertiary/aromatic N) is 4. The van der Waals surface area contributed by atoms with Crippen molar-refractivity contribution in [1.29, 1.82) is 0 Å². The van der Waals surface area contributed by atoms with Crippen LogP contribution in [0.1, 0.15) is 0 Å². The van der Waals surface area contributed by atoms with Gasteiger partial charge in [-0.05, 0) is 17.8 Å². The Morgan fingerprint density at radius 2 is 2.06 bits per heavy atom. The third-order valence-electron chi connectivity index (χ3n) is 2.23. The van der Waals surface area contributed by atoms with Crippen LogP contribution in [0.4, 0.5) is 5.69 Å². The number of fused-ring (bicyclic) bond motifs is 1. The fraction of sp³-hybridized carbons (Fsp3) is 0. The number of rotatable bonds is 2. The number of halogens is 1. The van der Waals surface area contributed by atoms with E-state index in [-0.39, 0.29) is 0 Å². The number of nitrogens with two attached hydrogens (primary N) is 1. The minimum atomic E-state index is 0.506. The third kappa shape index (κ3) is 1.98. The Kier molecular flexibility index (Phi) is 2.77. The van der Waals surface area contributed by atoms with Crippen LogP contribution >= 0.6 is 23.4 Å². The molecule has 0 fully saturated rings. The Morgan fingerprint density at radius 3 is 2.89 bits per heavy atom. The van der Waals surface area contributed by atoms with Gasteiger partial charge in [-0.25, -0.2) is 19.9 Å². The van der Waals surface area contributed by atoms with Crippen LogP contribution in [-0.2, 0) is 0 Å². The SMILES string of the molecule is Nc1cc(Cl)cnc1Sc1ncnc2nc[nH]c12. The monoisotopic (exact) mass is 278 g/mol. The molecule has 0 aromatic carbocycles. The van der Waals surface area contributed by atoms with Gasteiger partial charge in [-0.15, -0.1) is 0 Å². The summed E-state index contributed by atoms with van der Waals surface area (Å²) >= 11 is 7.14. The van der Waals surface area contributed by atoms with E-state index in [1.54, 1.807) is 18.6 Å². The zero-order chi connectivity index (χ0) is 12.5. The van der Waals surface area contributed by atoms with Gasteiger partial charge in [-0.2, -0.15) is 0 Å². The highest BCUT2D eigenvalue weighted by Gasteiger charge is 2.10. The second-order valence-corrected chi connectivity index (χ2v) is 4.84. The first-order valence-electron chi connectivity index (χ1n) is 4.97. The van der Waals surface area contributed by atoms with Crippen molar-refractivity contribution in [2.24, 2.45) is 0 Å². The van der Waals surface area contributed by atoms with Crippen LogP contribution in [0.3, 0.4) is 0 Å². The molecule has 8 heteroatoms. The average molecular weight is 279 g/mol. The van der Waals surface area contributed by atoms with Crippen molar-refractivity contribution < 1.29 is 0 Å². The molecule has 0 aliphatic heterocycles. The fourth-order valence-electron chi connectivity index (χ4n) is 1.44. The molecule has 18 heavy (non-hydrogen) atoms. The molecule has 0 spiro atoms. The van der Waals surface area contributed by atoms with Crippen LogP contribution in [0, 0.1) is 0 Å². The zero-order valence-corrected chi connectivity index (χ0v) is 10.5. The molecule has 0 amide bonds. The van der Waals surface area contributed by atoms with E-state index in [2.05, 4.69) is 24.9 Å². The highest BCUT2D eigenvalue weighted by atomic mass is 35.5. The summed E-state index contributed by atoms with van der Waals surface area (Å²) in [7, 11) is 0. The van der Waals surface area contributed by atoms with Gasteiger partial charge in [-0.1, -0.05) is 11.6 Å². The van der Waals surface area contributed by atoms with Crippen LogP contribution in [0.15, 0.2) is 35.0 Å². The van der Waals surface area contributed by atoms with E-state index in [9.17, 15) is 0 Å². The van der Waals surface area contributed by atoms with Gasteiger partial charge >= 0.3 is 0 Å². The summed E-state index contributed by atoms with van der Waals surface area (Å²) in [5, 5.41) is 1.87. The van der Waals surface area contributed by atoms with Crippen LogP contribution in [0.5, 0.6) is 0 Å². The smallest absolute Gasteiger partial charge is 0.181 e. The van der Waals surface area contributed by atoms with Gasteiger partial charge in [0.2, 0.25) is 0 Å². The van der Waals surface area contributed by atoms with Crippen molar-refractivity contribution >= 4 is 40.2 Å². The number of hydrogen-bond donors (Lipinski definition) is 2. The van der Waals surface area contributed by atoms with E-state index in [1.165, 1.54) is 18.1 Å². The molecule has 0 atom stereocenters. The topological polar surface area (TPSA) is 93.4 Å². The molecule has 3 aromatic heterocycles. The number of hydrogen-bond acceptors (Lipinski definition) is 6. The molecule has 0 bridgehead atoms. The molecule has 0 unspecified atom stereocenters. The van der Waals surface area contributed by atoms with Crippen LogP contribution < -0.4 is 5.73 Å². The quantitative estimate of drug-likeness (QED) is 0.698. The second kappa shape index (κ2) is 4.43. The summed E-state index contributed by atoms with van der Waals surface area (Å²) in [6.45, 7) is 0. The van der Waals surface area contributed by atoms with Crippen molar-refractivity contribution in [2.45, 2.75) is 10.1 Å². The molecule has 3 rings (SSSR count). The lowest BCUT2D eigenvalue weighted by atomic mass is 10.4. The minimum absolute atomic E-state index is 0.506. The largest absolute Gasteiger partial charge is 0.396 e. The van der Waals surface area contributed by atoms with Crippen LogP contribution in [0.25, 0.3) is 11.2 Å². The summed E-state index contributed by atoms with van der Waals surface area (Å²) in [4.78, 5) is 19.5. The number of pyridine rings is 1. The fourth-order valence-corrected chi connectivity index (χ4v) is 2.42. The molecular formula is C10H7ClN6S. The van der Waals surface area contributed by atoms with Crippen molar-refractivity contribution in [3.63, 3.8) is 0 Å². The van der Waals surface area contributed by atoms with E-state index in [0.29, 0.717) is 21.4 Å². The van der Waals surface area contributed by atoms with E-state index < -0.39 is 0 Å². The molecule has 6 nitrogen and oxygen atoms in total. The standard InChI is InChI=1S/C10H7ClN6S/c11-5-1-6(12)9(13-2-5)18-10-7-8(15-3-14-7)16-4-17-10/h1-4H,12H2,(H,14,15,16,17). The van der Waals surface area contributed by atoms with Crippen molar-refractivity contribution in [1.82, 2.24) is 24.9 Å². The predicted octanol–water partition coefficient (Wildman–Crippen LogP) is 2.13. The van der Waals surface area contributed by atoms with Gasteiger partial charge in [-0.3, -0.25) is 0 Å². The molecule has 0 saturated carbocycles. The first-order valence-corrected chi connectivity index (χ1v) is 6.16. The molecule has 0 aliphatic rings. The van der Waals surface area contributed by atoms with Gasteiger partial charge in [0.15, 0.2) is 5.65 Å². The zero-order valence-electron chi connectivity index (χ0n) is 8.96. The van der Waals surface area contributed by atoms with Gasteiger partial charge in [0.1, 0.15) is 21.9 Å². The summed E-state index contributed by atoms with van der Waals surface area (Å²) < 4.78 is 0. The summed E-state index contributed by atoms with van der Waals surface area (Å²) in [6.07, 6.45) is 4.57. The highest BCUT2D eigenvalue weighted by Crippen LogP contribution is 2.32. The van der Waals surface area contributed by atoms with E-state index >= 15 is 0 Å². The Bertz CT molecular complexity index is 712. The highest BCUT2D eigenvalue weighted by molar-refractivity contribution is 7.99. The van der Waals surface area contributed by atoms with E-state index in [1.807, 2.05) is 0 Å². The maximum atomic E-state index is 5.85. The van der Waals surface area contributed by atoms with Crippen molar-refractivity contribution in [2.75, 3.05) is 5.73 Å². The molecule has 3 N–H and O–H groups in total. The molecule has 3 aromatic rings. The first kappa shape index (κ1) is 11.2. The number of aromatic amines is 1. The molecule has 0 saturated heterocycles. The number of anilines is 1.